The van der Waals surface area contributed by atoms with E-state index in [1.807, 2.05) is 0 Å². The van der Waals surface area contributed by atoms with Gasteiger partial charge in [0.05, 0.1) is 0 Å². The number of hydrogen-bond donors (Lipinski definition) is 4. The van der Waals surface area contributed by atoms with Gasteiger partial charge in [-0.2, -0.15) is 0 Å². The van der Waals surface area contributed by atoms with Gasteiger partial charge in [0.25, 0.3) is 5.91 Å². The molecule has 0 aromatic heterocycles. The molecule has 7 nitrogen and oxygen atoms in total. The number of halogens is 3. The first-order valence-electron chi connectivity index (χ1n) is 13.1. The highest BCUT2D eigenvalue weighted by molar-refractivity contribution is 6.31. The Hall–Kier alpha value is -1.97. The van der Waals surface area contributed by atoms with Crippen molar-refractivity contribution in [2.75, 3.05) is 26.2 Å². The summed E-state index contributed by atoms with van der Waals surface area (Å²) in [5.41, 5.74) is -2.73. The van der Waals surface area contributed by atoms with Gasteiger partial charge in [-0.05, 0) is 63.1 Å². The Morgan fingerprint density at radius 2 is 1.89 bits per heavy atom. The van der Waals surface area contributed by atoms with Crippen LogP contribution >= 0.6 is 11.6 Å². The van der Waals surface area contributed by atoms with Crippen molar-refractivity contribution in [3.63, 3.8) is 0 Å². The molecule has 2 amide bonds. The van der Waals surface area contributed by atoms with Crippen LogP contribution in [-0.4, -0.2) is 59.3 Å². The fourth-order valence-electron chi connectivity index (χ4n) is 5.47. The minimum absolute atomic E-state index is 0.0650. The quantitative estimate of drug-likeness (QED) is 0.244. The van der Waals surface area contributed by atoms with E-state index in [0.717, 1.165) is 37.9 Å². The van der Waals surface area contributed by atoms with Crippen molar-refractivity contribution in [2.45, 2.75) is 82.3 Å². The largest absolute Gasteiger partial charge is 0.465 e. The van der Waals surface area contributed by atoms with Crippen LogP contribution in [0.2, 0.25) is 5.02 Å². The van der Waals surface area contributed by atoms with Gasteiger partial charge >= 0.3 is 6.09 Å². The maximum Gasteiger partial charge on any atom is 0.407 e. The zero-order valence-corrected chi connectivity index (χ0v) is 21.5. The van der Waals surface area contributed by atoms with E-state index in [1.54, 1.807) is 0 Å². The van der Waals surface area contributed by atoms with Crippen LogP contribution in [0.25, 0.3) is 0 Å². The molecule has 0 bridgehead atoms. The number of carbonyl (C=O) groups excluding carboxylic acids is 1. The van der Waals surface area contributed by atoms with Crippen molar-refractivity contribution in [3.05, 3.63) is 34.4 Å². The number of aliphatic hydroxyl groups is 1. The summed E-state index contributed by atoms with van der Waals surface area (Å²) in [6.45, 7) is 1.74. The third-order valence-electron chi connectivity index (χ3n) is 7.55. The summed E-state index contributed by atoms with van der Waals surface area (Å²) in [6.07, 6.45) is 8.14. The molecule has 1 aromatic rings. The average molecular weight is 530 g/mol. The monoisotopic (exact) mass is 529 g/mol. The smallest absolute Gasteiger partial charge is 0.407 e. The highest BCUT2D eigenvalue weighted by atomic mass is 35.5. The van der Waals surface area contributed by atoms with Crippen LogP contribution in [0, 0.1) is 17.6 Å². The van der Waals surface area contributed by atoms with E-state index in [-0.39, 0.29) is 25.4 Å². The van der Waals surface area contributed by atoms with Crippen molar-refractivity contribution >= 4 is 23.6 Å². The van der Waals surface area contributed by atoms with E-state index < -0.39 is 39.8 Å². The summed E-state index contributed by atoms with van der Waals surface area (Å²) < 4.78 is 28.7. The first-order valence-corrected chi connectivity index (χ1v) is 13.5. The molecule has 2 atom stereocenters. The van der Waals surface area contributed by atoms with Crippen LogP contribution in [0.1, 0.15) is 76.2 Å². The Balaban J connectivity index is 1.68. The zero-order chi connectivity index (χ0) is 26.1. The summed E-state index contributed by atoms with van der Waals surface area (Å²) in [6, 6.07) is 1.73. The fourth-order valence-corrected chi connectivity index (χ4v) is 5.63. The molecule has 1 heterocycles. The lowest BCUT2D eigenvalue weighted by Gasteiger charge is -2.34. The van der Waals surface area contributed by atoms with E-state index in [1.165, 1.54) is 37.0 Å². The van der Waals surface area contributed by atoms with Gasteiger partial charge in [0.1, 0.15) is 10.8 Å². The number of carbonyl (C=O) groups is 2. The maximum absolute atomic E-state index is 14.9. The predicted molar refractivity (Wildman–Crippen MR) is 134 cm³/mol. The molecular weight excluding hydrogens is 492 g/mol. The standard InChI is InChI=1S/C26H38ClF2N3O4/c27-22-21(28)12-11-20(23(22)29)26(36,24(33)31-15-4-9-18-7-2-1-3-8-18)13-6-16-32(25(34)35)19-10-5-14-30-17-19/h11-12,18-19,30,36H,1-10,13-17H2,(H,31,33)(H,34,35). The predicted octanol–water partition coefficient (Wildman–Crippen LogP) is 4.79. The minimum Gasteiger partial charge on any atom is -0.465 e. The Morgan fingerprint density at radius 3 is 2.56 bits per heavy atom. The molecule has 3 rings (SSSR count). The van der Waals surface area contributed by atoms with Crippen molar-refractivity contribution in [1.29, 1.82) is 0 Å². The number of rotatable bonds is 11. The molecule has 2 aliphatic rings. The number of piperidine rings is 1. The maximum atomic E-state index is 14.9. The lowest BCUT2D eigenvalue weighted by molar-refractivity contribution is -0.142. The van der Waals surface area contributed by atoms with Crippen LogP contribution in [0.15, 0.2) is 12.1 Å². The molecule has 1 saturated carbocycles. The van der Waals surface area contributed by atoms with Crippen LogP contribution in [-0.2, 0) is 10.4 Å². The minimum atomic E-state index is -2.32. The van der Waals surface area contributed by atoms with Gasteiger partial charge in [-0.1, -0.05) is 43.7 Å². The van der Waals surface area contributed by atoms with E-state index in [4.69, 9.17) is 11.6 Å². The van der Waals surface area contributed by atoms with E-state index in [9.17, 15) is 28.6 Å². The first-order chi connectivity index (χ1) is 17.2. The van der Waals surface area contributed by atoms with Crippen LogP contribution in [0.4, 0.5) is 13.6 Å². The molecule has 1 aliphatic heterocycles. The molecule has 10 heteroatoms. The second-order valence-electron chi connectivity index (χ2n) is 10.1. The molecule has 1 saturated heterocycles. The van der Waals surface area contributed by atoms with E-state index in [0.29, 0.717) is 25.4 Å². The number of carboxylic acid groups (broad SMARTS) is 1. The molecule has 4 N–H and O–H groups in total. The normalized spacial score (nSPS) is 20.5. The Morgan fingerprint density at radius 1 is 1.14 bits per heavy atom. The highest BCUT2D eigenvalue weighted by Gasteiger charge is 2.41. The second-order valence-corrected chi connectivity index (χ2v) is 10.4. The summed E-state index contributed by atoms with van der Waals surface area (Å²) >= 11 is 5.75. The molecule has 36 heavy (non-hydrogen) atoms. The van der Waals surface area contributed by atoms with Crippen molar-refractivity contribution in [2.24, 2.45) is 5.92 Å². The van der Waals surface area contributed by atoms with Crippen LogP contribution < -0.4 is 10.6 Å². The Kier molecular flexibility index (Phi) is 10.8. The molecule has 1 aliphatic carbocycles. The average Bonchev–Trinajstić information content (AvgIpc) is 2.88. The third-order valence-corrected chi connectivity index (χ3v) is 7.90. The van der Waals surface area contributed by atoms with E-state index >= 15 is 0 Å². The first kappa shape index (κ1) is 28.6. The number of nitrogens with zero attached hydrogens (tertiary/aromatic N) is 1. The summed E-state index contributed by atoms with van der Waals surface area (Å²) in [4.78, 5) is 26.3. The van der Waals surface area contributed by atoms with Gasteiger partial charge in [0.2, 0.25) is 0 Å². The molecule has 0 spiro atoms. The molecule has 0 radical (unpaired) electrons. The number of amides is 2. The molecule has 2 unspecified atom stereocenters. The van der Waals surface area contributed by atoms with Gasteiger partial charge in [0.15, 0.2) is 11.4 Å². The summed E-state index contributed by atoms with van der Waals surface area (Å²) in [5, 5.41) is 26.2. The van der Waals surface area contributed by atoms with Gasteiger partial charge in [-0.25, -0.2) is 13.6 Å². The lowest BCUT2D eigenvalue weighted by atomic mass is 9.86. The molecule has 2 fully saturated rings. The topological polar surface area (TPSA) is 102 Å². The van der Waals surface area contributed by atoms with Crippen molar-refractivity contribution in [1.82, 2.24) is 15.5 Å². The summed E-state index contributed by atoms with van der Waals surface area (Å²) in [5.74, 6) is -2.34. The van der Waals surface area contributed by atoms with Crippen LogP contribution in [0.5, 0.6) is 0 Å². The fraction of sp³-hybridized carbons (Fsp3) is 0.692. The lowest BCUT2D eigenvalue weighted by Crippen LogP contribution is -2.49. The van der Waals surface area contributed by atoms with Crippen molar-refractivity contribution in [3.8, 4) is 0 Å². The SMILES string of the molecule is O=C(O)N(CCCC(O)(C(=O)NCCCC1CCCCC1)c1ccc(F)c(Cl)c1F)C1CCCNC1. The van der Waals surface area contributed by atoms with Gasteiger partial charge < -0.3 is 25.7 Å². The van der Waals surface area contributed by atoms with Gasteiger partial charge in [-0.15, -0.1) is 0 Å². The summed E-state index contributed by atoms with van der Waals surface area (Å²) in [7, 11) is 0. The number of benzene rings is 1. The Bertz CT molecular complexity index is 894. The Labute approximate surface area is 216 Å². The van der Waals surface area contributed by atoms with E-state index in [2.05, 4.69) is 10.6 Å². The van der Waals surface area contributed by atoms with Crippen LogP contribution in [0.3, 0.4) is 0 Å². The van der Waals surface area contributed by atoms with Gasteiger partial charge in [0, 0.05) is 31.2 Å². The molecule has 202 valence electrons. The molecular formula is C26H38ClF2N3O4. The second kappa shape index (κ2) is 13.5. The van der Waals surface area contributed by atoms with Crippen molar-refractivity contribution < 1.29 is 28.6 Å². The third kappa shape index (κ3) is 7.29. The zero-order valence-electron chi connectivity index (χ0n) is 20.7. The van der Waals surface area contributed by atoms with Gasteiger partial charge in [-0.3, -0.25) is 4.79 Å². The number of hydrogen-bond acceptors (Lipinski definition) is 4. The number of nitrogens with one attached hydrogen (secondary N) is 2. The molecule has 1 aromatic carbocycles. The highest BCUT2D eigenvalue weighted by Crippen LogP contribution is 2.34.